The van der Waals surface area contributed by atoms with Crippen LogP contribution in [0.5, 0.6) is 0 Å². The zero-order valence-corrected chi connectivity index (χ0v) is 16.8. The smallest absolute Gasteiger partial charge is 0.338 e. The van der Waals surface area contributed by atoms with Crippen LogP contribution in [0.4, 0.5) is 0 Å². The van der Waals surface area contributed by atoms with Gasteiger partial charge in [0, 0.05) is 13.1 Å². The molecule has 5 nitrogen and oxygen atoms in total. The minimum atomic E-state index is -0.455. The summed E-state index contributed by atoms with van der Waals surface area (Å²) < 4.78 is 11.3. The second-order valence-corrected chi connectivity index (χ2v) is 9.41. The van der Waals surface area contributed by atoms with Gasteiger partial charge in [-0.2, -0.15) is 0 Å². The van der Waals surface area contributed by atoms with Crippen LogP contribution in [-0.2, 0) is 14.3 Å². The van der Waals surface area contributed by atoms with Crippen molar-refractivity contribution in [3.8, 4) is 0 Å². The molecule has 0 saturated carbocycles. The van der Waals surface area contributed by atoms with Gasteiger partial charge in [0.25, 0.3) is 5.91 Å². The van der Waals surface area contributed by atoms with Crippen molar-refractivity contribution >= 4 is 35.4 Å². The Hall–Kier alpha value is -1.18. The number of benzene rings is 1. The first-order valence-electron chi connectivity index (χ1n) is 8.96. The molecular formula is C19H25NO4S2. The average molecular weight is 396 g/mol. The molecule has 0 N–H and O–H groups in total. The van der Waals surface area contributed by atoms with Gasteiger partial charge in [-0.3, -0.25) is 4.79 Å². The molecule has 2 atom stereocenters. The lowest BCUT2D eigenvalue weighted by molar-refractivity contribution is -0.146. The lowest BCUT2D eigenvalue weighted by atomic mass is 10.1. The summed E-state index contributed by atoms with van der Waals surface area (Å²) in [7, 11) is 0. The van der Waals surface area contributed by atoms with Crippen LogP contribution in [-0.4, -0.2) is 60.2 Å². The molecule has 2 saturated heterocycles. The molecule has 1 aromatic rings. The van der Waals surface area contributed by atoms with Crippen LogP contribution in [0.3, 0.4) is 0 Å². The fourth-order valence-electron chi connectivity index (χ4n) is 3.14. The van der Waals surface area contributed by atoms with Crippen LogP contribution in [0.15, 0.2) is 24.3 Å². The molecule has 0 aliphatic carbocycles. The number of nitrogens with zero attached hydrogens (tertiary/aromatic N) is 1. The van der Waals surface area contributed by atoms with Crippen molar-refractivity contribution in [1.82, 2.24) is 4.90 Å². The summed E-state index contributed by atoms with van der Waals surface area (Å²) in [5, 5.41) is 0. The Labute approximate surface area is 163 Å². The molecule has 26 heavy (non-hydrogen) atoms. The maximum Gasteiger partial charge on any atom is 0.338 e. The summed E-state index contributed by atoms with van der Waals surface area (Å²) in [5.74, 6) is 1.74. The number of amides is 1. The van der Waals surface area contributed by atoms with Crippen molar-refractivity contribution in [2.24, 2.45) is 0 Å². The third kappa shape index (κ3) is 5.18. The molecule has 0 aromatic heterocycles. The van der Waals surface area contributed by atoms with Crippen molar-refractivity contribution in [3.63, 3.8) is 0 Å². The summed E-state index contributed by atoms with van der Waals surface area (Å²) >= 11 is 3.89. The van der Waals surface area contributed by atoms with Crippen molar-refractivity contribution in [2.45, 2.75) is 37.1 Å². The van der Waals surface area contributed by atoms with Crippen LogP contribution >= 0.6 is 23.5 Å². The fourth-order valence-corrected chi connectivity index (χ4v) is 6.03. The van der Waals surface area contributed by atoms with Gasteiger partial charge in [-0.05, 0) is 49.5 Å². The van der Waals surface area contributed by atoms with Gasteiger partial charge in [-0.25, -0.2) is 4.79 Å². The zero-order chi connectivity index (χ0) is 18.5. The van der Waals surface area contributed by atoms with E-state index < -0.39 is 5.97 Å². The van der Waals surface area contributed by atoms with E-state index in [9.17, 15) is 9.59 Å². The Balaban J connectivity index is 1.50. The van der Waals surface area contributed by atoms with Crippen molar-refractivity contribution in [3.05, 3.63) is 35.4 Å². The summed E-state index contributed by atoms with van der Waals surface area (Å²) in [5.41, 5.74) is 1.71. The lowest BCUT2D eigenvalue weighted by Gasteiger charge is -2.35. The monoisotopic (exact) mass is 395 g/mol. The van der Waals surface area contributed by atoms with E-state index in [0.717, 1.165) is 0 Å². The Morgan fingerprint density at radius 1 is 1.12 bits per heavy atom. The number of esters is 1. The number of hydrogen-bond acceptors (Lipinski definition) is 6. The van der Waals surface area contributed by atoms with Gasteiger partial charge in [0.2, 0.25) is 0 Å². The predicted octanol–water partition coefficient (Wildman–Crippen LogP) is 3.35. The highest BCUT2D eigenvalue weighted by molar-refractivity contribution is 8.16. The second kappa shape index (κ2) is 9.15. The van der Waals surface area contributed by atoms with E-state index in [0.29, 0.717) is 23.2 Å². The molecule has 0 radical (unpaired) electrons. The number of rotatable bonds is 4. The van der Waals surface area contributed by atoms with Gasteiger partial charge in [0.15, 0.2) is 6.61 Å². The first-order chi connectivity index (χ1) is 12.5. The Morgan fingerprint density at radius 2 is 1.73 bits per heavy atom. The predicted molar refractivity (Wildman–Crippen MR) is 106 cm³/mol. The minimum Gasteiger partial charge on any atom is -0.452 e. The third-order valence-corrected chi connectivity index (χ3v) is 7.36. The van der Waals surface area contributed by atoms with E-state index in [4.69, 9.17) is 9.47 Å². The summed E-state index contributed by atoms with van der Waals surface area (Å²) in [6.45, 7) is 4.71. The van der Waals surface area contributed by atoms with Crippen LogP contribution in [0.2, 0.25) is 0 Å². The number of carbonyl (C=O) groups is 2. The number of ether oxygens (including phenoxy) is 2. The van der Waals surface area contributed by atoms with Crippen LogP contribution in [0.25, 0.3) is 0 Å². The molecule has 1 amide bonds. The highest BCUT2D eigenvalue weighted by Crippen LogP contribution is 2.43. The second-order valence-electron chi connectivity index (χ2n) is 6.68. The van der Waals surface area contributed by atoms with Gasteiger partial charge in [0.1, 0.15) is 0 Å². The number of morpholine rings is 1. The van der Waals surface area contributed by atoms with Gasteiger partial charge in [-0.1, -0.05) is 12.1 Å². The molecule has 2 aliphatic heterocycles. The highest BCUT2D eigenvalue weighted by Gasteiger charge is 2.26. The van der Waals surface area contributed by atoms with Crippen molar-refractivity contribution in [1.29, 1.82) is 0 Å². The summed E-state index contributed by atoms with van der Waals surface area (Å²) in [4.78, 5) is 26.2. The average Bonchev–Trinajstić information content (AvgIpc) is 2.66. The molecule has 2 fully saturated rings. The SMILES string of the molecule is C[C@@H]1CN(C(=O)COC(=O)c2ccc(C3SCCCS3)cc2)C[C@@H](C)O1. The molecule has 0 unspecified atom stereocenters. The van der Waals surface area contributed by atoms with E-state index in [2.05, 4.69) is 0 Å². The van der Waals surface area contributed by atoms with Crippen molar-refractivity contribution in [2.75, 3.05) is 31.2 Å². The summed E-state index contributed by atoms with van der Waals surface area (Å²) in [6, 6.07) is 7.55. The van der Waals surface area contributed by atoms with Gasteiger partial charge in [0.05, 0.1) is 22.4 Å². The molecule has 142 valence electrons. The quantitative estimate of drug-likeness (QED) is 0.729. The first-order valence-corrected chi connectivity index (χ1v) is 11.1. The molecular weight excluding hydrogens is 370 g/mol. The van der Waals surface area contributed by atoms with Crippen LogP contribution in [0.1, 0.15) is 40.8 Å². The molecule has 0 spiro atoms. The number of carbonyl (C=O) groups excluding carboxylic acids is 2. The molecule has 3 rings (SSSR count). The van der Waals surface area contributed by atoms with Crippen LogP contribution in [0, 0.1) is 0 Å². The number of hydrogen-bond donors (Lipinski definition) is 0. The topological polar surface area (TPSA) is 55.8 Å². The van der Waals surface area contributed by atoms with Crippen molar-refractivity contribution < 1.29 is 19.1 Å². The Bertz CT molecular complexity index is 621. The summed E-state index contributed by atoms with van der Waals surface area (Å²) in [6.07, 6.45) is 1.26. The van der Waals surface area contributed by atoms with Crippen LogP contribution < -0.4 is 0 Å². The van der Waals surface area contributed by atoms with Gasteiger partial charge < -0.3 is 14.4 Å². The minimum absolute atomic E-state index is 0.00136. The molecule has 1 aromatic carbocycles. The fraction of sp³-hybridized carbons (Fsp3) is 0.579. The molecule has 0 bridgehead atoms. The molecule has 7 heteroatoms. The highest BCUT2D eigenvalue weighted by atomic mass is 32.2. The maximum absolute atomic E-state index is 12.3. The molecule has 2 heterocycles. The Kier molecular flexibility index (Phi) is 6.89. The molecule has 2 aliphatic rings. The van der Waals surface area contributed by atoms with E-state index in [-0.39, 0.29) is 24.7 Å². The Morgan fingerprint density at radius 3 is 2.35 bits per heavy atom. The van der Waals surface area contributed by atoms with Gasteiger partial charge >= 0.3 is 5.97 Å². The number of thioether (sulfide) groups is 2. The zero-order valence-electron chi connectivity index (χ0n) is 15.2. The lowest BCUT2D eigenvalue weighted by Crippen LogP contribution is -2.49. The largest absolute Gasteiger partial charge is 0.452 e. The van der Waals surface area contributed by atoms with Gasteiger partial charge in [-0.15, -0.1) is 23.5 Å². The van der Waals surface area contributed by atoms with E-state index in [1.54, 1.807) is 17.0 Å². The maximum atomic E-state index is 12.3. The van der Waals surface area contributed by atoms with E-state index >= 15 is 0 Å². The third-order valence-electron chi connectivity index (χ3n) is 4.34. The van der Waals surface area contributed by atoms with E-state index in [1.807, 2.05) is 49.5 Å². The normalized spacial score (nSPS) is 24.3. The first kappa shape index (κ1) is 19.6. The standard InChI is InChI=1S/C19H25NO4S2/c1-13-10-20(11-14(2)24-13)17(21)12-23-18(22)15-4-6-16(7-5-15)19-25-8-3-9-26-19/h4-7,13-14,19H,3,8-12H2,1-2H3/t13-,14-/m1/s1. The van der Waals surface area contributed by atoms with E-state index in [1.165, 1.54) is 23.5 Å².